The van der Waals surface area contributed by atoms with E-state index in [1.54, 1.807) is 12.1 Å². The van der Waals surface area contributed by atoms with Gasteiger partial charge in [0.05, 0.1) is 20.9 Å². The molecular formula is C17H11Cl2N5O4S. The average Bonchev–Trinajstić information content (AvgIpc) is 3.02. The van der Waals surface area contributed by atoms with Gasteiger partial charge >= 0.3 is 5.69 Å². The Bertz CT molecular complexity index is 1130. The molecule has 2 aromatic carbocycles. The monoisotopic (exact) mass is 451 g/mol. The van der Waals surface area contributed by atoms with E-state index < -0.39 is 21.2 Å². The molecule has 12 heteroatoms. The van der Waals surface area contributed by atoms with Crippen LogP contribution in [0.15, 0.2) is 47.6 Å². The Morgan fingerprint density at radius 2 is 1.79 bits per heavy atom. The van der Waals surface area contributed by atoms with E-state index in [-0.39, 0.29) is 15.0 Å². The molecule has 0 unspecified atom stereocenters. The van der Waals surface area contributed by atoms with Crippen LogP contribution in [0.1, 0.15) is 16.8 Å². The number of aromatic nitrogens is 1. The second-order valence-corrected chi connectivity index (χ2v) is 7.53. The number of nitrogens with one attached hydrogen (secondary N) is 1. The summed E-state index contributed by atoms with van der Waals surface area (Å²) in [5, 5.41) is 26.7. The first-order valence-electron chi connectivity index (χ1n) is 7.92. The van der Waals surface area contributed by atoms with Crippen molar-refractivity contribution in [2.24, 2.45) is 5.10 Å². The van der Waals surface area contributed by atoms with Crippen LogP contribution in [0, 0.1) is 27.2 Å². The Labute approximate surface area is 178 Å². The lowest BCUT2D eigenvalue weighted by Crippen LogP contribution is -2.08. The standard InChI is InChI=1S/C17H11Cl2N5O4S/c1-9-2-4-10(5-3-9)15(16-14(18)17(19)29-22-16)21-20-12-7-6-11(23(25)26)8-13(12)24(27)28/h2-8,20H,1H3. The lowest BCUT2D eigenvalue weighted by Gasteiger charge is -2.08. The van der Waals surface area contributed by atoms with Gasteiger partial charge in [-0.15, -0.1) is 0 Å². The van der Waals surface area contributed by atoms with Crippen molar-refractivity contribution in [2.75, 3.05) is 5.43 Å². The van der Waals surface area contributed by atoms with Gasteiger partial charge in [-0.25, -0.2) is 0 Å². The third-order valence-corrected chi connectivity index (χ3v) is 5.43. The topological polar surface area (TPSA) is 124 Å². The summed E-state index contributed by atoms with van der Waals surface area (Å²) in [7, 11) is 0. The van der Waals surface area contributed by atoms with Crippen molar-refractivity contribution in [3.63, 3.8) is 0 Å². The van der Waals surface area contributed by atoms with Crippen LogP contribution in [0.5, 0.6) is 0 Å². The predicted octanol–water partition coefficient (Wildman–Crippen LogP) is 5.44. The van der Waals surface area contributed by atoms with Crippen LogP contribution in [0.3, 0.4) is 0 Å². The third kappa shape index (κ3) is 4.50. The minimum absolute atomic E-state index is 0.0253. The van der Waals surface area contributed by atoms with Gasteiger partial charge in [0, 0.05) is 11.6 Å². The molecule has 1 N–H and O–H groups in total. The number of aryl methyl sites for hydroxylation is 1. The number of rotatable bonds is 6. The molecule has 1 aromatic heterocycles. The largest absolute Gasteiger partial charge is 0.301 e. The highest BCUT2D eigenvalue weighted by Gasteiger charge is 2.21. The molecule has 0 fully saturated rings. The zero-order valence-electron chi connectivity index (χ0n) is 14.6. The van der Waals surface area contributed by atoms with Crippen LogP contribution in [-0.4, -0.2) is 19.9 Å². The fourth-order valence-corrected chi connectivity index (χ4v) is 3.37. The van der Waals surface area contributed by atoms with Crippen LogP contribution in [0.4, 0.5) is 17.1 Å². The number of nitro benzene ring substituents is 2. The van der Waals surface area contributed by atoms with Crippen molar-refractivity contribution in [3.8, 4) is 0 Å². The van der Waals surface area contributed by atoms with E-state index in [0.717, 1.165) is 29.2 Å². The summed E-state index contributed by atoms with van der Waals surface area (Å²) in [5.74, 6) is 0. The Kier molecular flexibility index (Phi) is 6.06. The minimum Gasteiger partial charge on any atom is -0.271 e. The molecule has 0 radical (unpaired) electrons. The predicted molar refractivity (Wildman–Crippen MR) is 112 cm³/mol. The van der Waals surface area contributed by atoms with E-state index in [2.05, 4.69) is 14.9 Å². The van der Waals surface area contributed by atoms with Crippen molar-refractivity contribution >= 4 is 57.5 Å². The highest BCUT2D eigenvalue weighted by atomic mass is 35.5. The molecule has 0 saturated carbocycles. The van der Waals surface area contributed by atoms with E-state index in [9.17, 15) is 20.2 Å². The zero-order chi connectivity index (χ0) is 21.1. The molecule has 0 bridgehead atoms. The molecule has 3 aromatic rings. The zero-order valence-corrected chi connectivity index (χ0v) is 17.0. The van der Waals surface area contributed by atoms with Crippen molar-refractivity contribution in [2.45, 2.75) is 6.92 Å². The maximum Gasteiger partial charge on any atom is 0.301 e. The fourth-order valence-electron chi connectivity index (χ4n) is 2.37. The van der Waals surface area contributed by atoms with Gasteiger partial charge in [-0.3, -0.25) is 25.7 Å². The van der Waals surface area contributed by atoms with E-state index in [1.165, 1.54) is 6.07 Å². The van der Waals surface area contributed by atoms with Gasteiger partial charge in [0.2, 0.25) is 0 Å². The first-order valence-corrected chi connectivity index (χ1v) is 9.45. The molecule has 0 aliphatic carbocycles. The number of hydrogen-bond donors (Lipinski definition) is 1. The molecule has 0 aliphatic rings. The summed E-state index contributed by atoms with van der Waals surface area (Å²) in [4.78, 5) is 20.8. The number of nitrogens with zero attached hydrogens (tertiary/aromatic N) is 4. The summed E-state index contributed by atoms with van der Waals surface area (Å²) < 4.78 is 4.49. The van der Waals surface area contributed by atoms with Gasteiger partial charge in [-0.2, -0.15) is 9.47 Å². The van der Waals surface area contributed by atoms with E-state index in [1.807, 2.05) is 19.1 Å². The molecule has 148 valence electrons. The highest BCUT2D eigenvalue weighted by molar-refractivity contribution is 7.11. The molecule has 0 aliphatic heterocycles. The molecule has 3 rings (SSSR count). The summed E-state index contributed by atoms with van der Waals surface area (Å²) in [6, 6.07) is 10.5. The van der Waals surface area contributed by atoms with Crippen LogP contribution in [0.25, 0.3) is 0 Å². The quantitative estimate of drug-likeness (QED) is 0.302. The molecule has 0 saturated heterocycles. The smallest absolute Gasteiger partial charge is 0.271 e. The molecule has 9 nitrogen and oxygen atoms in total. The van der Waals surface area contributed by atoms with E-state index in [4.69, 9.17) is 23.2 Å². The molecule has 29 heavy (non-hydrogen) atoms. The number of nitro groups is 2. The third-order valence-electron chi connectivity index (χ3n) is 3.82. The van der Waals surface area contributed by atoms with Gasteiger partial charge in [0.25, 0.3) is 5.69 Å². The maximum atomic E-state index is 11.3. The lowest BCUT2D eigenvalue weighted by molar-refractivity contribution is -0.393. The molecule has 0 amide bonds. The van der Waals surface area contributed by atoms with Gasteiger partial charge in [0.1, 0.15) is 21.4 Å². The normalized spacial score (nSPS) is 11.3. The minimum atomic E-state index is -0.733. The molecule has 0 atom stereocenters. The fraction of sp³-hybridized carbons (Fsp3) is 0.0588. The van der Waals surface area contributed by atoms with Crippen LogP contribution in [0.2, 0.25) is 9.36 Å². The average molecular weight is 452 g/mol. The van der Waals surface area contributed by atoms with Crippen LogP contribution < -0.4 is 5.43 Å². The summed E-state index contributed by atoms with van der Waals surface area (Å²) in [6.45, 7) is 1.92. The van der Waals surface area contributed by atoms with Crippen LogP contribution >= 0.6 is 34.7 Å². The Hall–Kier alpha value is -3.08. The number of anilines is 1. The van der Waals surface area contributed by atoms with Gasteiger partial charge < -0.3 is 0 Å². The molecule has 1 heterocycles. The lowest BCUT2D eigenvalue weighted by atomic mass is 10.1. The van der Waals surface area contributed by atoms with E-state index in [0.29, 0.717) is 17.0 Å². The van der Waals surface area contributed by atoms with Gasteiger partial charge in [-0.05, 0) is 24.5 Å². The van der Waals surface area contributed by atoms with Crippen molar-refractivity contribution in [3.05, 3.63) is 88.9 Å². The summed E-state index contributed by atoms with van der Waals surface area (Å²) in [5.41, 5.74) is 3.97. The first kappa shape index (κ1) is 20.6. The summed E-state index contributed by atoms with van der Waals surface area (Å²) >= 11 is 13.2. The van der Waals surface area contributed by atoms with Crippen molar-refractivity contribution < 1.29 is 9.85 Å². The van der Waals surface area contributed by atoms with Gasteiger partial charge in [-0.1, -0.05) is 53.0 Å². The first-order chi connectivity index (χ1) is 13.8. The Balaban J connectivity index is 2.08. The second-order valence-electron chi connectivity index (χ2n) is 5.77. The summed E-state index contributed by atoms with van der Waals surface area (Å²) in [6.07, 6.45) is 0. The second kappa shape index (κ2) is 8.52. The molecular weight excluding hydrogens is 441 g/mol. The molecule has 0 spiro atoms. The van der Waals surface area contributed by atoms with E-state index >= 15 is 0 Å². The van der Waals surface area contributed by atoms with Crippen LogP contribution in [-0.2, 0) is 0 Å². The number of hydrazone groups is 1. The number of benzene rings is 2. The maximum absolute atomic E-state index is 11.3. The van der Waals surface area contributed by atoms with Crippen molar-refractivity contribution in [1.29, 1.82) is 0 Å². The highest BCUT2D eigenvalue weighted by Crippen LogP contribution is 2.32. The number of non-ortho nitro benzene ring substituents is 1. The van der Waals surface area contributed by atoms with Gasteiger partial charge in [0.15, 0.2) is 0 Å². The Morgan fingerprint density at radius 3 is 2.34 bits per heavy atom. The number of hydrogen-bond acceptors (Lipinski definition) is 8. The number of halogens is 2. The Morgan fingerprint density at radius 1 is 1.10 bits per heavy atom. The van der Waals surface area contributed by atoms with Crippen molar-refractivity contribution in [1.82, 2.24) is 4.37 Å². The SMILES string of the molecule is Cc1ccc(C(=NNc2ccc([N+](=O)[O-])cc2[N+](=O)[O-])c2nsc(Cl)c2Cl)cc1.